The van der Waals surface area contributed by atoms with Crippen LogP contribution < -0.4 is 10.1 Å². The minimum Gasteiger partial charge on any atom is -0.481 e. The lowest BCUT2D eigenvalue weighted by Gasteiger charge is -2.13. The second-order valence-corrected chi connectivity index (χ2v) is 3.51. The van der Waals surface area contributed by atoms with Crippen LogP contribution in [0.4, 0.5) is 0 Å². The number of carboxylic acids is 1. The molecule has 2 N–H and O–H groups in total. The van der Waals surface area contributed by atoms with Gasteiger partial charge in [0.1, 0.15) is 5.75 Å². The van der Waals surface area contributed by atoms with Crippen molar-refractivity contribution in [3.63, 3.8) is 0 Å². The van der Waals surface area contributed by atoms with Crippen LogP contribution >= 0.6 is 0 Å². The summed E-state index contributed by atoms with van der Waals surface area (Å²) in [5.74, 6) is 1.37. The van der Waals surface area contributed by atoms with Crippen LogP contribution in [0.25, 0.3) is 0 Å². The van der Waals surface area contributed by atoms with Crippen molar-refractivity contribution in [2.75, 3.05) is 6.54 Å². The molecule has 1 aromatic carbocycles. The van der Waals surface area contributed by atoms with Crippen molar-refractivity contribution < 1.29 is 19.4 Å². The number of hydrogen-bond donors (Lipinski definition) is 2. The first-order valence-corrected chi connectivity index (χ1v) is 5.25. The third-order valence-corrected chi connectivity index (χ3v) is 2.15. The standard InChI is InChI=1S/C13H13NO4/c1-3-8-14-12(15)9(2)18-11-6-4-10(5-7-11)13(16)17/h1,4-7,9H,8H2,2H3,(H,14,15)(H,16,17). The molecule has 0 aliphatic rings. The highest BCUT2D eigenvalue weighted by Crippen LogP contribution is 2.13. The number of ether oxygens (including phenoxy) is 1. The Labute approximate surface area is 105 Å². The molecule has 1 aromatic rings. The quantitative estimate of drug-likeness (QED) is 0.758. The van der Waals surface area contributed by atoms with E-state index in [0.29, 0.717) is 5.75 Å². The number of amides is 1. The van der Waals surface area contributed by atoms with E-state index in [-0.39, 0.29) is 18.0 Å². The molecule has 1 atom stereocenters. The average Bonchev–Trinajstić information content (AvgIpc) is 2.36. The van der Waals surface area contributed by atoms with Crippen LogP contribution in [0.5, 0.6) is 5.75 Å². The van der Waals surface area contributed by atoms with Crippen molar-refractivity contribution in [1.29, 1.82) is 0 Å². The highest BCUT2D eigenvalue weighted by Gasteiger charge is 2.13. The summed E-state index contributed by atoms with van der Waals surface area (Å²) in [7, 11) is 0. The van der Waals surface area contributed by atoms with E-state index in [1.54, 1.807) is 6.92 Å². The molecule has 1 amide bonds. The van der Waals surface area contributed by atoms with Crippen LogP contribution in [0.1, 0.15) is 17.3 Å². The summed E-state index contributed by atoms with van der Waals surface area (Å²) in [6.07, 6.45) is 4.31. The first-order valence-electron chi connectivity index (χ1n) is 5.25. The molecule has 0 heterocycles. The molecular formula is C13H13NO4. The van der Waals surface area contributed by atoms with Gasteiger partial charge in [-0.05, 0) is 31.2 Å². The summed E-state index contributed by atoms with van der Waals surface area (Å²) in [5, 5.41) is 11.2. The summed E-state index contributed by atoms with van der Waals surface area (Å²) in [4.78, 5) is 22.1. The van der Waals surface area contributed by atoms with Crippen LogP contribution in [0.15, 0.2) is 24.3 Å². The SMILES string of the molecule is C#CCNC(=O)C(C)Oc1ccc(C(=O)O)cc1. The van der Waals surface area contributed by atoms with E-state index in [4.69, 9.17) is 16.3 Å². The number of carbonyl (C=O) groups excluding carboxylic acids is 1. The fourth-order valence-corrected chi connectivity index (χ4v) is 1.22. The van der Waals surface area contributed by atoms with Gasteiger partial charge in [-0.25, -0.2) is 4.79 Å². The molecule has 0 aliphatic heterocycles. The summed E-state index contributed by atoms with van der Waals surface area (Å²) in [5.41, 5.74) is 0.159. The van der Waals surface area contributed by atoms with Crippen LogP contribution in [0, 0.1) is 12.3 Å². The van der Waals surface area contributed by atoms with Gasteiger partial charge in [0.05, 0.1) is 12.1 Å². The summed E-state index contributed by atoms with van der Waals surface area (Å²) in [6.45, 7) is 1.72. The maximum Gasteiger partial charge on any atom is 0.335 e. The Morgan fingerprint density at radius 2 is 2.06 bits per heavy atom. The third-order valence-electron chi connectivity index (χ3n) is 2.15. The zero-order chi connectivity index (χ0) is 13.5. The number of aromatic carboxylic acids is 1. The lowest BCUT2D eigenvalue weighted by molar-refractivity contribution is -0.127. The van der Waals surface area contributed by atoms with Crippen LogP contribution in [-0.2, 0) is 4.79 Å². The fraction of sp³-hybridized carbons (Fsp3) is 0.231. The summed E-state index contributed by atoms with van der Waals surface area (Å²) >= 11 is 0. The maximum absolute atomic E-state index is 11.5. The molecule has 0 bridgehead atoms. The van der Waals surface area contributed by atoms with Gasteiger partial charge in [-0.3, -0.25) is 4.79 Å². The van der Waals surface area contributed by atoms with Gasteiger partial charge < -0.3 is 15.2 Å². The lowest BCUT2D eigenvalue weighted by Crippen LogP contribution is -2.36. The molecule has 1 rings (SSSR count). The van der Waals surface area contributed by atoms with E-state index < -0.39 is 12.1 Å². The molecular weight excluding hydrogens is 234 g/mol. The number of terminal acetylenes is 1. The van der Waals surface area contributed by atoms with Crippen molar-refractivity contribution in [1.82, 2.24) is 5.32 Å². The van der Waals surface area contributed by atoms with E-state index in [2.05, 4.69) is 11.2 Å². The third kappa shape index (κ3) is 3.83. The molecule has 18 heavy (non-hydrogen) atoms. The molecule has 5 heteroatoms. The number of benzene rings is 1. The van der Waals surface area contributed by atoms with Crippen LogP contribution in [0.3, 0.4) is 0 Å². The Bertz CT molecular complexity index is 473. The molecule has 0 saturated carbocycles. The Morgan fingerprint density at radius 1 is 1.44 bits per heavy atom. The van der Waals surface area contributed by atoms with Gasteiger partial charge >= 0.3 is 5.97 Å². The number of hydrogen-bond acceptors (Lipinski definition) is 3. The summed E-state index contributed by atoms with van der Waals surface area (Å²) < 4.78 is 5.33. The number of nitrogens with one attached hydrogen (secondary N) is 1. The molecule has 0 spiro atoms. The Hall–Kier alpha value is -2.48. The van der Waals surface area contributed by atoms with Gasteiger partial charge in [0, 0.05) is 0 Å². The topological polar surface area (TPSA) is 75.6 Å². The van der Waals surface area contributed by atoms with Crippen LogP contribution in [0.2, 0.25) is 0 Å². The Kier molecular flexibility index (Phi) is 4.76. The highest BCUT2D eigenvalue weighted by atomic mass is 16.5. The molecule has 94 valence electrons. The average molecular weight is 247 g/mol. The second kappa shape index (κ2) is 6.30. The molecule has 0 saturated heterocycles. The van der Waals surface area contributed by atoms with Gasteiger partial charge in [0.15, 0.2) is 6.10 Å². The largest absolute Gasteiger partial charge is 0.481 e. The number of carboxylic acid groups (broad SMARTS) is 1. The van der Waals surface area contributed by atoms with Gasteiger partial charge in [-0.2, -0.15) is 0 Å². The minimum absolute atomic E-state index is 0.143. The lowest BCUT2D eigenvalue weighted by atomic mass is 10.2. The fourth-order valence-electron chi connectivity index (χ4n) is 1.22. The Balaban J connectivity index is 2.59. The number of rotatable bonds is 5. The van der Waals surface area contributed by atoms with Gasteiger partial charge in [0.25, 0.3) is 5.91 Å². The number of carbonyl (C=O) groups is 2. The Morgan fingerprint density at radius 3 is 2.56 bits per heavy atom. The van der Waals surface area contributed by atoms with Crippen molar-refractivity contribution in [2.24, 2.45) is 0 Å². The van der Waals surface area contributed by atoms with Crippen molar-refractivity contribution in [3.8, 4) is 18.1 Å². The predicted molar refractivity (Wildman–Crippen MR) is 65.3 cm³/mol. The van der Waals surface area contributed by atoms with E-state index in [1.165, 1.54) is 24.3 Å². The molecule has 1 unspecified atom stereocenters. The maximum atomic E-state index is 11.5. The van der Waals surface area contributed by atoms with E-state index in [0.717, 1.165) is 0 Å². The van der Waals surface area contributed by atoms with E-state index in [1.807, 2.05) is 0 Å². The predicted octanol–water partition coefficient (Wildman–Crippen LogP) is 0.901. The molecule has 0 radical (unpaired) electrons. The van der Waals surface area contributed by atoms with Gasteiger partial charge in [-0.15, -0.1) is 6.42 Å². The minimum atomic E-state index is -1.01. The smallest absolute Gasteiger partial charge is 0.335 e. The molecule has 0 aromatic heterocycles. The zero-order valence-corrected chi connectivity index (χ0v) is 9.84. The van der Waals surface area contributed by atoms with Gasteiger partial charge in [-0.1, -0.05) is 5.92 Å². The first-order chi connectivity index (χ1) is 8.54. The van der Waals surface area contributed by atoms with Crippen molar-refractivity contribution >= 4 is 11.9 Å². The van der Waals surface area contributed by atoms with Crippen LogP contribution in [-0.4, -0.2) is 29.6 Å². The van der Waals surface area contributed by atoms with Crippen molar-refractivity contribution in [2.45, 2.75) is 13.0 Å². The van der Waals surface area contributed by atoms with E-state index in [9.17, 15) is 9.59 Å². The first kappa shape index (κ1) is 13.6. The summed E-state index contributed by atoms with van der Waals surface area (Å²) in [6, 6.07) is 5.80. The second-order valence-electron chi connectivity index (χ2n) is 3.51. The molecule has 0 aliphatic carbocycles. The monoisotopic (exact) mass is 247 g/mol. The zero-order valence-electron chi connectivity index (χ0n) is 9.84. The molecule has 0 fully saturated rings. The highest BCUT2D eigenvalue weighted by molar-refractivity contribution is 5.87. The van der Waals surface area contributed by atoms with Crippen molar-refractivity contribution in [3.05, 3.63) is 29.8 Å². The normalized spacial score (nSPS) is 11.1. The molecule has 5 nitrogen and oxygen atoms in total. The van der Waals surface area contributed by atoms with Gasteiger partial charge in [0.2, 0.25) is 0 Å². The van der Waals surface area contributed by atoms with E-state index >= 15 is 0 Å².